The monoisotopic (exact) mass is 498 g/mol. The van der Waals surface area contributed by atoms with Crippen LogP contribution in [0.3, 0.4) is 0 Å². The summed E-state index contributed by atoms with van der Waals surface area (Å²) in [5.74, 6) is 0.121. The Labute approximate surface area is 191 Å². The van der Waals surface area contributed by atoms with Crippen LogP contribution in [0.1, 0.15) is 15.9 Å². The van der Waals surface area contributed by atoms with Crippen LogP contribution in [0.15, 0.2) is 81.2 Å². The van der Waals surface area contributed by atoms with E-state index in [2.05, 4.69) is 20.9 Å². The maximum absolute atomic E-state index is 13.3. The fraction of sp³-hybridized carbons (Fsp3) is 0.0870. The molecule has 0 amide bonds. The number of benzene rings is 3. The lowest BCUT2D eigenvalue weighted by atomic mass is 10.2. The minimum absolute atomic E-state index is 0.0377. The van der Waals surface area contributed by atoms with Crippen molar-refractivity contribution in [3.63, 3.8) is 0 Å². The van der Waals surface area contributed by atoms with Gasteiger partial charge in [0.25, 0.3) is 5.56 Å². The summed E-state index contributed by atoms with van der Waals surface area (Å²) in [6.45, 7) is 1.94. The van der Waals surface area contributed by atoms with E-state index in [1.165, 1.54) is 11.8 Å². The zero-order valence-corrected chi connectivity index (χ0v) is 19.1. The van der Waals surface area contributed by atoms with Crippen molar-refractivity contribution in [2.75, 3.05) is 5.75 Å². The molecular formula is C23H16BrClN2O2S. The number of rotatable bonds is 5. The fourth-order valence-electron chi connectivity index (χ4n) is 3.11. The molecule has 0 N–H and O–H groups in total. The number of Topliss-reactive ketones (excluding diaryl/α,β-unsaturated/α-hetero) is 1. The van der Waals surface area contributed by atoms with Crippen LogP contribution >= 0.6 is 39.3 Å². The van der Waals surface area contributed by atoms with Gasteiger partial charge in [-0.2, -0.15) is 0 Å². The van der Waals surface area contributed by atoms with Gasteiger partial charge in [0, 0.05) is 15.1 Å². The molecule has 0 aliphatic heterocycles. The lowest BCUT2D eigenvalue weighted by Crippen LogP contribution is -2.23. The minimum atomic E-state index is -0.190. The molecule has 1 aromatic heterocycles. The Balaban J connectivity index is 1.80. The maximum Gasteiger partial charge on any atom is 0.266 e. The van der Waals surface area contributed by atoms with Crippen molar-refractivity contribution < 1.29 is 4.79 Å². The van der Waals surface area contributed by atoms with Crippen LogP contribution in [-0.2, 0) is 0 Å². The molecule has 4 rings (SSSR count). The summed E-state index contributed by atoms with van der Waals surface area (Å²) >= 11 is 10.7. The van der Waals surface area contributed by atoms with E-state index >= 15 is 0 Å². The highest BCUT2D eigenvalue weighted by atomic mass is 79.9. The van der Waals surface area contributed by atoms with Crippen LogP contribution in [0.25, 0.3) is 16.6 Å². The van der Waals surface area contributed by atoms with Gasteiger partial charge < -0.3 is 0 Å². The second kappa shape index (κ2) is 8.76. The number of thioether (sulfide) groups is 1. The Bertz CT molecular complexity index is 1320. The predicted octanol–water partition coefficient (Wildman–Crippen LogP) is 6.09. The summed E-state index contributed by atoms with van der Waals surface area (Å²) in [7, 11) is 0. The third-order valence-electron chi connectivity index (χ3n) is 4.66. The van der Waals surface area contributed by atoms with Gasteiger partial charge in [-0.15, -0.1) is 0 Å². The number of para-hydroxylation sites is 1. The Morgan fingerprint density at radius 3 is 2.57 bits per heavy atom. The Hall–Kier alpha value is -2.41. The van der Waals surface area contributed by atoms with Crippen molar-refractivity contribution >= 4 is 56.0 Å². The van der Waals surface area contributed by atoms with Gasteiger partial charge in [-0.25, -0.2) is 4.98 Å². The number of carbonyl (C=O) groups excluding carboxylic acids is 1. The van der Waals surface area contributed by atoms with Gasteiger partial charge in [-0.1, -0.05) is 69.6 Å². The first-order valence-electron chi connectivity index (χ1n) is 9.14. The SMILES string of the molecule is Cc1ccccc1-n1c(SCC(=O)c2ccc(Br)cc2)nc2cc(Cl)ccc2c1=O. The summed E-state index contributed by atoms with van der Waals surface area (Å²) in [4.78, 5) is 30.7. The van der Waals surface area contributed by atoms with Crippen molar-refractivity contribution in [3.8, 4) is 5.69 Å². The summed E-state index contributed by atoms with van der Waals surface area (Å²) in [5.41, 5.74) is 2.61. The lowest BCUT2D eigenvalue weighted by molar-refractivity contribution is 0.102. The van der Waals surface area contributed by atoms with Crippen molar-refractivity contribution in [3.05, 3.63) is 97.7 Å². The van der Waals surface area contributed by atoms with Crippen LogP contribution in [0.2, 0.25) is 5.02 Å². The Kier molecular flexibility index (Phi) is 6.09. The van der Waals surface area contributed by atoms with Gasteiger partial charge in [0.1, 0.15) is 0 Å². The van der Waals surface area contributed by atoms with E-state index in [1.807, 2.05) is 43.3 Å². The fourth-order valence-corrected chi connectivity index (χ4v) is 4.44. The quantitative estimate of drug-likeness (QED) is 0.190. The van der Waals surface area contributed by atoms with E-state index < -0.39 is 0 Å². The number of aromatic nitrogens is 2. The molecule has 0 aliphatic rings. The molecule has 0 spiro atoms. The van der Waals surface area contributed by atoms with Crippen molar-refractivity contribution in [2.24, 2.45) is 0 Å². The minimum Gasteiger partial charge on any atom is -0.293 e. The zero-order valence-electron chi connectivity index (χ0n) is 15.9. The largest absolute Gasteiger partial charge is 0.293 e. The molecule has 0 saturated heterocycles. The molecule has 0 fully saturated rings. The van der Waals surface area contributed by atoms with Crippen molar-refractivity contribution in [2.45, 2.75) is 12.1 Å². The average molecular weight is 500 g/mol. The molecule has 0 atom stereocenters. The van der Waals surface area contributed by atoms with Crippen LogP contribution < -0.4 is 5.56 Å². The van der Waals surface area contributed by atoms with Gasteiger partial charge >= 0.3 is 0 Å². The van der Waals surface area contributed by atoms with Crippen LogP contribution in [-0.4, -0.2) is 21.1 Å². The standard InChI is InChI=1S/C23H16BrClN2O2S/c1-14-4-2-3-5-20(14)27-22(29)18-11-10-17(25)12-19(18)26-23(27)30-13-21(28)15-6-8-16(24)9-7-15/h2-12H,13H2,1H3. The normalized spacial score (nSPS) is 11.0. The molecule has 3 aromatic carbocycles. The highest BCUT2D eigenvalue weighted by Crippen LogP contribution is 2.25. The van der Waals surface area contributed by atoms with Crippen molar-refractivity contribution in [1.82, 2.24) is 9.55 Å². The molecule has 0 aliphatic carbocycles. The second-order valence-corrected chi connectivity index (χ2v) is 9.00. The summed E-state index contributed by atoms with van der Waals surface area (Å²) in [5, 5.41) is 1.44. The summed E-state index contributed by atoms with van der Waals surface area (Å²) < 4.78 is 2.48. The molecule has 0 saturated carbocycles. The molecule has 150 valence electrons. The first-order valence-corrected chi connectivity index (χ1v) is 11.3. The Morgan fingerprint density at radius 2 is 1.83 bits per heavy atom. The van der Waals surface area contributed by atoms with E-state index in [0.717, 1.165) is 15.7 Å². The first-order chi connectivity index (χ1) is 14.4. The average Bonchev–Trinajstić information content (AvgIpc) is 2.73. The molecule has 4 nitrogen and oxygen atoms in total. The summed E-state index contributed by atoms with van der Waals surface area (Å²) in [6.07, 6.45) is 0. The second-order valence-electron chi connectivity index (χ2n) is 6.70. The molecule has 0 radical (unpaired) electrons. The number of hydrogen-bond acceptors (Lipinski definition) is 4. The smallest absolute Gasteiger partial charge is 0.266 e. The molecule has 4 aromatic rings. The van der Waals surface area contributed by atoms with E-state index in [-0.39, 0.29) is 17.1 Å². The topological polar surface area (TPSA) is 52.0 Å². The highest BCUT2D eigenvalue weighted by molar-refractivity contribution is 9.10. The number of aryl methyl sites for hydroxylation is 1. The third-order valence-corrected chi connectivity index (χ3v) is 6.36. The van der Waals surface area contributed by atoms with Crippen molar-refractivity contribution in [1.29, 1.82) is 0 Å². The van der Waals surface area contributed by atoms with E-state index in [9.17, 15) is 9.59 Å². The molecule has 1 heterocycles. The van der Waals surface area contributed by atoms with Gasteiger partial charge in [-0.05, 0) is 48.9 Å². The molecule has 0 unspecified atom stereocenters. The summed E-state index contributed by atoms with van der Waals surface area (Å²) in [6, 6.07) is 19.8. The highest BCUT2D eigenvalue weighted by Gasteiger charge is 2.17. The number of carbonyl (C=O) groups is 1. The lowest BCUT2D eigenvalue weighted by Gasteiger charge is -2.15. The Morgan fingerprint density at radius 1 is 1.10 bits per heavy atom. The number of ketones is 1. The van der Waals surface area contributed by atoms with Crippen LogP contribution in [0, 0.1) is 6.92 Å². The maximum atomic E-state index is 13.3. The van der Waals surface area contributed by atoms with Gasteiger partial charge in [0.15, 0.2) is 10.9 Å². The first kappa shape index (κ1) is 20.8. The predicted molar refractivity (Wildman–Crippen MR) is 126 cm³/mol. The number of hydrogen-bond donors (Lipinski definition) is 0. The van der Waals surface area contributed by atoms with Crippen LogP contribution in [0.4, 0.5) is 0 Å². The molecular weight excluding hydrogens is 484 g/mol. The van der Waals surface area contributed by atoms with Crippen LogP contribution in [0.5, 0.6) is 0 Å². The van der Waals surface area contributed by atoms with E-state index in [1.54, 1.807) is 34.9 Å². The number of halogens is 2. The van der Waals surface area contributed by atoms with Gasteiger partial charge in [-0.3, -0.25) is 14.2 Å². The number of fused-ring (bicyclic) bond motifs is 1. The molecule has 30 heavy (non-hydrogen) atoms. The molecule has 7 heteroatoms. The zero-order chi connectivity index (χ0) is 21.3. The van der Waals surface area contributed by atoms with E-state index in [4.69, 9.17) is 11.6 Å². The van der Waals surface area contributed by atoms with Gasteiger partial charge in [0.2, 0.25) is 0 Å². The molecule has 0 bridgehead atoms. The van der Waals surface area contributed by atoms with Gasteiger partial charge in [0.05, 0.1) is 22.3 Å². The van der Waals surface area contributed by atoms with E-state index in [0.29, 0.717) is 26.6 Å². The number of nitrogens with zero attached hydrogens (tertiary/aromatic N) is 2. The third kappa shape index (κ3) is 4.21.